The van der Waals surface area contributed by atoms with E-state index in [1.54, 1.807) is 6.07 Å². The van der Waals surface area contributed by atoms with Crippen LogP contribution in [0.5, 0.6) is 0 Å². The highest BCUT2D eigenvalue weighted by atomic mass is 19.1. The number of halogens is 1. The van der Waals surface area contributed by atoms with E-state index in [4.69, 9.17) is 5.73 Å². The van der Waals surface area contributed by atoms with Gasteiger partial charge in [0.05, 0.1) is 11.9 Å². The maximum Gasteiger partial charge on any atom is 0.141 e. The van der Waals surface area contributed by atoms with E-state index in [2.05, 4.69) is 11.9 Å². The van der Waals surface area contributed by atoms with Gasteiger partial charge in [-0.15, -0.1) is 0 Å². The van der Waals surface area contributed by atoms with Crippen molar-refractivity contribution in [1.82, 2.24) is 4.98 Å². The minimum atomic E-state index is -0.303. The summed E-state index contributed by atoms with van der Waals surface area (Å²) in [6, 6.07) is 3.06. The first-order chi connectivity index (χ1) is 9.24. The topological polar surface area (TPSA) is 38.9 Å². The van der Waals surface area contributed by atoms with Crippen molar-refractivity contribution in [2.75, 3.05) is 0 Å². The molecule has 0 radical (unpaired) electrons. The molecule has 19 heavy (non-hydrogen) atoms. The Balaban J connectivity index is 2.04. The van der Waals surface area contributed by atoms with Crippen LogP contribution in [0.25, 0.3) is 0 Å². The minimum Gasteiger partial charge on any atom is -0.323 e. The summed E-state index contributed by atoms with van der Waals surface area (Å²) in [7, 11) is 0. The Labute approximate surface area is 116 Å². The largest absolute Gasteiger partial charge is 0.323 e. The van der Waals surface area contributed by atoms with Crippen LogP contribution in [0.2, 0.25) is 0 Å². The molecule has 0 bridgehead atoms. The maximum atomic E-state index is 12.7. The van der Waals surface area contributed by atoms with Gasteiger partial charge >= 0.3 is 0 Å². The molecule has 1 atom stereocenters. The molecule has 1 aromatic rings. The molecule has 0 aliphatic rings. The SMILES string of the molecule is CCCCCCCCCCC(N)c1ccc(F)cn1. The van der Waals surface area contributed by atoms with Crippen molar-refractivity contribution >= 4 is 0 Å². The Bertz CT molecular complexity index is 324. The second-order valence-electron chi connectivity index (χ2n) is 5.27. The number of hydrogen-bond acceptors (Lipinski definition) is 2. The van der Waals surface area contributed by atoms with Gasteiger partial charge in [-0.25, -0.2) is 4.39 Å². The van der Waals surface area contributed by atoms with Crippen molar-refractivity contribution in [3.63, 3.8) is 0 Å². The average Bonchev–Trinajstić information content (AvgIpc) is 2.42. The van der Waals surface area contributed by atoms with Gasteiger partial charge in [-0.05, 0) is 18.6 Å². The quantitative estimate of drug-likeness (QED) is 0.621. The van der Waals surface area contributed by atoms with Gasteiger partial charge in [0.1, 0.15) is 5.82 Å². The highest BCUT2D eigenvalue weighted by Gasteiger charge is 2.06. The molecule has 0 fully saturated rings. The van der Waals surface area contributed by atoms with Gasteiger partial charge in [0, 0.05) is 6.04 Å². The first-order valence-corrected chi connectivity index (χ1v) is 7.61. The molecule has 0 saturated heterocycles. The monoisotopic (exact) mass is 266 g/mol. The predicted octanol–water partition coefficient (Wildman–Crippen LogP) is 4.75. The summed E-state index contributed by atoms with van der Waals surface area (Å²) >= 11 is 0. The zero-order valence-electron chi connectivity index (χ0n) is 12.1. The van der Waals surface area contributed by atoms with Crippen LogP contribution in [0.1, 0.15) is 76.4 Å². The Morgan fingerprint density at radius 3 is 2.26 bits per heavy atom. The molecular formula is C16H27FN2. The number of pyridine rings is 1. The van der Waals surface area contributed by atoms with E-state index in [-0.39, 0.29) is 11.9 Å². The summed E-state index contributed by atoms with van der Waals surface area (Å²) in [5.41, 5.74) is 6.84. The Kier molecular flexibility index (Phi) is 8.39. The lowest BCUT2D eigenvalue weighted by Gasteiger charge is -2.10. The van der Waals surface area contributed by atoms with Crippen LogP contribution in [-0.4, -0.2) is 4.98 Å². The molecule has 0 aromatic carbocycles. The summed E-state index contributed by atoms with van der Waals surface area (Å²) in [5.74, 6) is -0.303. The lowest BCUT2D eigenvalue weighted by molar-refractivity contribution is 0.529. The third-order valence-corrected chi connectivity index (χ3v) is 3.50. The van der Waals surface area contributed by atoms with Crippen LogP contribution in [-0.2, 0) is 0 Å². The van der Waals surface area contributed by atoms with Crippen molar-refractivity contribution in [3.8, 4) is 0 Å². The number of hydrogen-bond donors (Lipinski definition) is 1. The number of unbranched alkanes of at least 4 members (excludes halogenated alkanes) is 7. The van der Waals surface area contributed by atoms with E-state index in [0.29, 0.717) is 0 Å². The van der Waals surface area contributed by atoms with Gasteiger partial charge in [-0.3, -0.25) is 4.98 Å². The Morgan fingerprint density at radius 1 is 1.05 bits per heavy atom. The molecule has 0 amide bonds. The van der Waals surface area contributed by atoms with Crippen LogP contribution in [0.4, 0.5) is 4.39 Å². The van der Waals surface area contributed by atoms with Crippen molar-refractivity contribution in [3.05, 3.63) is 29.8 Å². The van der Waals surface area contributed by atoms with Crippen LogP contribution in [0.3, 0.4) is 0 Å². The lowest BCUT2D eigenvalue weighted by atomic mass is 10.0. The van der Waals surface area contributed by atoms with Crippen molar-refractivity contribution < 1.29 is 4.39 Å². The van der Waals surface area contributed by atoms with Gasteiger partial charge in [0.15, 0.2) is 0 Å². The van der Waals surface area contributed by atoms with Gasteiger partial charge in [-0.2, -0.15) is 0 Å². The lowest BCUT2D eigenvalue weighted by Crippen LogP contribution is -2.11. The van der Waals surface area contributed by atoms with E-state index in [0.717, 1.165) is 18.5 Å². The zero-order chi connectivity index (χ0) is 13.9. The molecule has 2 nitrogen and oxygen atoms in total. The van der Waals surface area contributed by atoms with Crippen molar-refractivity contribution in [1.29, 1.82) is 0 Å². The number of nitrogens with two attached hydrogens (primary N) is 1. The Hall–Kier alpha value is -0.960. The van der Waals surface area contributed by atoms with E-state index in [1.807, 2.05) is 0 Å². The molecule has 2 N–H and O–H groups in total. The van der Waals surface area contributed by atoms with Crippen LogP contribution >= 0.6 is 0 Å². The number of rotatable bonds is 10. The second kappa shape index (κ2) is 9.90. The van der Waals surface area contributed by atoms with E-state index < -0.39 is 0 Å². The van der Waals surface area contributed by atoms with Crippen LogP contribution < -0.4 is 5.73 Å². The molecule has 108 valence electrons. The van der Waals surface area contributed by atoms with Crippen molar-refractivity contribution in [2.45, 2.75) is 70.8 Å². The number of aromatic nitrogens is 1. The maximum absolute atomic E-state index is 12.7. The zero-order valence-corrected chi connectivity index (χ0v) is 12.1. The van der Waals surface area contributed by atoms with E-state index in [1.165, 1.54) is 57.2 Å². The molecular weight excluding hydrogens is 239 g/mol. The standard InChI is InChI=1S/C16H27FN2/c1-2-3-4-5-6-7-8-9-10-15(18)16-12-11-14(17)13-19-16/h11-13,15H,2-10,18H2,1H3. The summed E-state index contributed by atoms with van der Waals surface area (Å²) in [6.07, 6.45) is 12.6. The molecule has 3 heteroatoms. The number of nitrogens with zero attached hydrogens (tertiary/aromatic N) is 1. The van der Waals surface area contributed by atoms with E-state index in [9.17, 15) is 4.39 Å². The van der Waals surface area contributed by atoms with Gasteiger partial charge in [-0.1, -0.05) is 58.3 Å². The van der Waals surface area contributed by atoms with Gasteiger partial charge in [0.2, 0.25) is 0 Å². The highest BCUT2D eigenvalue weighted by Crippen LogP contribution is 2.16. The van der Waals surface area contributed by atoms with Gasteiger partial charge < -0.3 is 5.73 Å². The molecule has 1 aromatic heterocycles. The third kappa shape index (κ3) is 7.26. The third-order valence-electron chi connectivity index (χ3n) is 3.50. The summed E-state index contributed by atoms with van der Waals surface area (Å²) in [5, 5.41) is 0. The molecule has 0 aliphatic carbocycles. The molecule has 0 saturated carbocycles. The first kappa shape index (κ1) is 16.1. The van der Waals surface area contributed by atoms with Gasteiger partial charge in [0.25, 0.3) is 0 Å². The molecule has 1 rings (SSSR count). The smallest absolute Gasteiger partial charge is 0.141 e. The van der Waals surface area contributed by atoms with Crippen LogP contribution in [0, 0.1) is 5.82 Å². The van der Waals surface area contributed by atoms with Crippen molar-refractivity contribution in [2.24, 2.45) is 5.73 Å². The average molecular weight is 266 g/mol. The normalized spacial score (nSPS) is 12.6. The summed E-state index contributed by atoms with van der Waals surface area (Å²) < 4.78 is 12.7. The molecule has 0 spiro atoms. The first-order valence-electron chi connectivity index (χ1n) is 7.61. The van der Waals surface area contributed by atoms with Crippen LogP contribution in [0.15, 0.2) is 18.3 Å². The molecule has 1 heterocycles. The highest BCUT2D eigenvalue weighted by molar-refractivity contribution is 5.09. The molecule has 1 unspecified atom stereocenters. The second-order valence-corrected chi connectivity index (χ2v) is 5.27. The minimum absolute atomic E-state index is 0.0549. The fourth-order valence-electron chi connectivity index (χ4n) is 2.25. The summed E-state index contributed by atoms with van der Waals surface area (Å²) in [4.78, 5) is 4.03. The van der Waals surface area contributed by atoms with E-state index >= 15 is 0 Å². The summed E-state index contributed by atoms with van der Waals surface area (Å²) in [6.45, 7) is 2.24. The fraction of sp³-hybridized carbons (Fsp3) is 0.688. The Morgan fingerprint density at radius 2 is 1.68 bits per heavy atom. The fourth-order valence-corrected chi connectivity index (χ4v) is 2.25. The predicted molar refractivity (Wildman–Crippen MR) is 78.4 cm³/mol. The molecule has 0 aliphatic heterocycles.